The number of hydrogen-bond donors (Lipinski definition) is 1. The maximum absolute atomic E-state index is 12.9. The number of benzene rings is 1. The van der Waals surface area contributed by atoms with Crippen LogP contribution < -0.4 is 5.69 Å². The average Bonchev–Trinajstić information content (AvgIpc) is 3.18. The summed E-state index contributed by atoms with van der Waals surface area (Å²) in [4.78, 5) is 29.3. The number of likely N-dealkylation sites (tertiary alicyclic amines) is 1. The van der Waals surface area contributed by atoms with E-state index in [0.29, 0.717) is 17.6 Å². The first kappa shape index (κ1) is 15.7. The van der Waals surface area contributed by atoms with E-state index in [1.807, 2.05) is 35.0 Å². The molecule has 7 heteroatoms. The highest BCUT2D eigenvalue weighted by Gasteiger charge is 2.26. The van der Waals surface area contributed by atoms with E-state index in [0.717, 1.165) is 30.5 Å². The zero-order chi connectivity index (χ0) is 17.6. The van der Waals surface area contributed by atoms with Gasteiger partial charge in [-0.05, 0) is 43.5 Å². The van der Waals surface area contributed by atoms with Crippen LogP contribution in [0.15, 0.2) is 35.4 Å². The number of aromatic nitrogens is 4. The maximum Gasteiger partial charge on any atom is 0.326 e. The summed E-state index contributed by atoms with van der Waals surface area (Å²) in [5, 5.41) is 4.40. The molecule has 7 nitrogen and oxygen atoms in total. The van der Waals surface area contributed by atoms with Gasteiger partial charge < -0.3 is 9.88 Å². The van der Waals surface area contributed by atoms with Crippen molar-refractivity contribution in [3.05, 3.63) is 52.2 Å². The van der Waals surface area contributed by atoms with Crippen LogP contribution in [0.2, 0.25) is 0 Å². The molecule has 1 atom stereocenters. The molecule has 1 amide bonds. The number of nitrogens with one attached hydrogen (secondary N) is 1. The molecule has 0 bridgehead atoms. The Morgan fingerprint density at radius 3 is 2.96 bits per heavy atom. The fourth-order valence-corrected chi connectivity index (χ4v) is 3.54. The predicted molar refractivity (Wildman–Crippen MR) is 94.7 cm³/mol. The highest BCUT2D eigenvalue weighted by Crippen LogP contribution is 2.23. The van der Waals surface area contributed by atoms with E-state index in [2.05, 4.69) is 10.1 Å². The number of aromatic amines is 1. The van der Waals surface area contributed by atoms with Crippen LogP contribution in [-0.2, 0) is 7.05 Å². The van der Waals surface area contributed by atoms with Crippen molar-refractivity contribution >= 4 is 16.9 Å². The molecule has 1 aliphatic rings. The van der Waals surface area contributed by atoms with Crippen molar-refractivity contribution in [1.82, 2.24) is 24.2 Å². The van der Waals surface area contributed by atoms with Gasteiger partial charge in [0.1, 0.15) is 0 Å². The molecular weight excluding hydrogens is 318 g/mol. The Morgan fingerprint density at radius 2 is 2.20 bits per heavy atom. The smallest absolute Gasteiger partial charge is 0.326 e. The number of amides is 1. The molecule has 0 aliphatic carbocycles. The first-order valence-electron chi connectivity index (χ1n) is 8.52. The molecule has 130 valence electrons. The second kappa shape index (κ2) is 5.91. The van der Waals surface area contributed by atoms with Crippen LogP contribution in [-0.4, -0.2) is 43.2 Å². The zero-order valence-electron chi connectivity index (χ0n) is 14.4. The van der Waals surface area contributed by atoms with Gasteiger partial charge >= 0.3 is 5.69 Å². The minimum absolute atomic E-state index is 0.000167. The van der Waals surface area contributed by atoms with Crippen LogP contribution in [0.1, 0.15) is 34.8 Å². The van der Waals surface area contributed by atoms with Gasteiger partial charge in [-0.1, -0.05) is 0 Å². The molecule has 3 aromatic rings. The minimum Gasteiger partial charge on any atom is -0.337 e. The van der Waals surface area contributed by atoms with Gasteiger partial charge in [0.2, 0.25) is 0 Å². The lowest BCUT2D eigenvalue weighted by Gasteiger charge is -2.33. The van der Waals surface area contributed by atoms with Crippen LogP contribution in [0.5, 0.6) is 0 Å². The number of rotatable bonds is 2. The second-order valence-corrected chi connectivity index (χ2v) is 6.77. The van der Waals surface area contributed by atoms with Gasteiger partial charge in [-0.25, -0.2) is 4.79 Å². The van der Waals surface area contributed by atoms with E-state index in [4.69, 9.17) is 0 Å². The Morgan fingerprint density at radius 1 is 1.36 bits per heavy atom. The van der Waals surface area contributed by atoms with Crippen molar-refractivity contribution in [2.75, 3.05) is 13.1 Å². The lowest BCUT2D eigenvalue weighted by Crippen LogP contribution is -2.40. The summed E-state index contributed by atoms with van der Waals surface area (Å²) in [5.74, 6) is 0.000167. The quantitative estimate of drug-likeness (QED) is 0.774. The molecular formula is C18H21N5O2. The number of piperidine rings is 1. The SMILES string of the molecule is Cc1cnn([C@@H]2CCCN(C(=O)c3ccc4c(c3)[nH]c(=O)n4C)C2)c1. The minimum atomic E-state index is -0.174. The third-order valence-corrected chi connectivity index (χ3v) is 4.94. The van der Waals surface area contributed by atoms with Gasteiger partial charge in [-0.3, -0.25) is 14.0 Å². The van der Waals surface area contributed by atoms with Gasteiger partial charge in [0, 0.05) is 31.9 Å². The Labute approximate surface area is 144 Å². The van der Waals surface area contributed by atoms with Crippen LogP contribution in [0, 0.1) is 6.92 Å². The topological polar surface area (TPSA) is 75.9 Å². The first-order chi connectivity index (χ1) is 12.0. The van der Waals surface area contributed by atoms with E-state index in [1.165, 1.54) is 0 Å². The molecule has 1 aliphatic heterocycles. The largest absolute Gasteiger partial charge is 0.337 e. The number of carbonyl (C=O) groups is 1. The fourth-order valence-electron chi connectivity index (χ4n) is 3.54. The first-order valence-corrected chi connectivity index (χ1v) is 8.52. The van der Waals surface area contributed by atoms with Gasteiger partial charge in [-0.15, -0.1) is 0 Å². The number of carbonyl (C=O) groups excluding carboxylic acids is 1. The summed E-state index contributed by atoms with van der Waals surface area (Å²) in [6.45, 7) is 3.42. The number of nitrogens with zero attached hydrogens (tertiary/aromatic N) is 4. The lowest BCUT2D eigenvalue weighted by atomic mass is 10.0. The molecule has 0 saturated carbocycles. The molecule has 1 aromatic carbocycles. The van der Waals surface area contributed by atoms with Gasteiger partial charge in [0.05, 0.1) is 23.3 Å². The van der Waals surface area contributed by atoms with E-state index in [-0.39, 0.29) is 17.6 Å². The molecule has 3 heterocycles. The van der Waals surface area contributed by atoms with Crippen molar-refractivity contribution in [1.29, 1.82) is 0 Å². The maximum atomic E-state index is 12.9. The van der Waals surface area contributed by atoms with Gasteiger partial charge in [-0.2, -0.15) is 5.10 Å². The summed E-state index contributed by atoms with van der Waals surface area (Å²) in [7, 11) is 1.71. The standard InChI is InChI=1S/C18H21N5O2/c1-12-9-19-23(10-12)14-4-3-7-22(11-14)17(24)13-5-6-16-15(8-13)20-18(25)21(16)2/h5-6,8-10,14H,3-4,7,11H2,1-2H3,(H,20,25)/t14-/m1/s1. The van der Waals surface area contributed by atoms with Crippen molar-refractivity contribution in [3.63, 3.8) is 0 Å². The average molecular weight is 339 g/mol. The van der Waals surface area contributed by atoms with Crippen molar-refractivity contribution in [3.8, 4) is 0 Å². The number of aryl methyl sites for hydroxylation is 2. The predicted octanol–water partition coefficient (Wildman–Crippen LogP) is 1.85. The normalized spacial score (nSPS) is 18.0. The van der Waals surface area contributed by atoms with Crippen LogP contribution in [0.25, 0.3) is 11.0 Å². The van der Waals surface area contributed by atoms with Gasteiger partial charge in [0.15, 0.2) is 0 Å². The Bertz CT molecular complexity index is 996. The highest BCUT2D eigenvalue weighted by molar-refractivity contribution is 5.97. The molecule has 1 saturated heterocycles. The van der Waals surface area contributed by atoms with E-state index in [1.54, 1.807) is 23.7 Å². The zero-order valence-corrected chi connectivity index (χ0v) is 14.4. The molecule has 0 radical (unpaired) electrons. The molecule has 4 rings (SSSR count). The van der Waals surface area contributed by atoms with E-state index < -0.39 is 0 Å². The molecule has 25 heavy (non-hydrogen) atoms. The Balaban J connectivity index is 1.58. The van der Waals surface area contributed by atoms with Crippen LogP contribution >= 0.6 is 0 Å². The Kier molecular flexibility index (Phi) is 3.71. The number of hydrogen-bond acceptors (Lipinski definition) is 3. The second-order valence-electron chi connectivity index (χ2n) is 6.77. The number of imidazole rings is 1. The molecule has 2 aromatic heterocycles. The molecule has 0 spiro atoms. The Hall–Kier alpha value is -2.83. The summed E-state index contributed by atoms with van der Waals surface area (Å²) in [6.07, 6.45) is 5.86. The van der Waals surface area contributed by atoms with Crippen LogP contribution in [0.3, 0.4) is 0 Å². The summed E-state index contributed by atoms with van der Waals surface area (Å²) >= 11 is 0. The molecule has 1 fully saturated rings. The fraction of sp³-hybridized carbons (Fsp3) is 0.389. The van der Waals surface area contributed by atoms with Crippen molar-refractivity contribution in [2.24, 2.45) is 7.05 Å². The lowest BCUT2D eigenvalue weighted by molar-refractivity contribution is 0.0673. The molecule has 0 unspecified atom stereocenters. The van der Waals surface area contributed by atoms with Crippen LogP contribution in [0.4, 0.5) is 0 Å². The number of H-pyrrole nitrogens is 1. The summed E-state index contributed by atoms with van der Waals surface area (Å²) in [6, 6.07) is 5.59. The summed E-state index contributed by atoms with van der Waals surface area (Å²) in [5.41, 5.74) is 3.04. The van der Waals surface area contributed by atoms with E-state index >= 15 is 0 Å². The monoisotopic (exact) mass is 339 g/mol. The number of fused-ring (bicyclic) bond motifs is 1. The van der Waals surface area contributed by atoms with Crippen molar-refractivity contribution < 1.29 is 4.79 Å². The summed E-state index contributed by atoms with van der Waals surface area (Å²) < 4.78 is 3.51. The molecule has 1 N–H and O–H groups in total. The van der Waals surface area contributed by atoms with Gasteiger partial charge in [0.25, 0.3) is 5.91 Å². The third kappa shape index (κ3) is 2.75. The van der Waals surface area contributed by atoms with E-state index in [9.17, 15) is 9.59 Å². The van der Waals surface area contributed by atoms with Crippen molar-refractivity contribution in [2.45, 2.75) is 25.8 Å². The third-order valence-electron chi connectivity index (χ3n) is 4.94. The highest BCUT2D eigenvalue weighted by atomic mass is 16.2.